The number of aryl methyl sites for hydroxylation is 1. The second-order valence-corrected chi connectivity index (χ2v) is 7.03. The minimum Gasteiger partial charge on any atom is -0.491 e. The van der Waals surface area contributed by atoms with Crippen molar-refractivity contribution in [2.75, 3.05) is 12.4 Å². The van der Waals surface area contributed by atoms with E-state index >= 15 is 0 Å². The highest BCUT2D eigenvalue weighted by Gasteiger charge is 2.08. The summed E-state index contributed by atoms with van der Waals surface area (Å²) < 4.78 is 7.48. The highest BCUT2D eigenvalue weighted by Crippen LogP contribution is 2.23. The lowest BCUT2D eigenvalue weighted by molar-refractivity contribution is 0.126. The number of thioether (sulfide) groups is 1. The van der Waals surface area contributed by atoms with E-state index in [4.69, 9.17) is 4.74 Å². The minimum absolute atomic E-state index is 0.286. The number of ether oxygens (including phenoxy) is 1. The second-order valence-electron chi connectivity index (χ2n) is 3.99. The fraction of sp³-hybridized carbons (Fsp3) is 0.308. The monoisotopic (exact) mass is 359 g/mol. The summed E-state index contributed by atoms with van der Waals surface area (Å²) in [6, 6.07) is 7.59. The van der Waals surface area contributed by atoms with Crippen LogP contribution >= 0.6 is 39.0 Å². The van der Waals surface area contributed by atoms with E-state index in [0.29, 0.717) is 5.75 Å². The van der Waals surface area contributed by atoms with Crippen LogP contribution in [0.4, 0.5) is 0 Å². The Morgan fingerprint density at radius 2 is 2.37 bits per heavy atom. The highest BCUT2D eigenvalue weighted by molar-refractivity contribution is 9.10. The van der Waals surface area contributed by atoms with Gasteiger partial charge in [-0.15, -0.1) is 11.3 Å². The maximum absolute atomic E-state index is 9.87. The second kappa shape index (κ2) is 7.28. The number of hydrogen-bond donors (Lipinski definition) is 1. The Hall–Kier alpha value is -0.560. The molecule has 0 saturated heterocycles. The first-order valence-electron chi connectivity index (χ1n) is 5.75. The van der Waals surface area contributed by atoms with Gasteiger partial charge in [-0.25, -0.2) is 4.98 Å². The van der Waals surface area contributed by atoms with Crippen molar-refractivity contribution in [3.05, 3.63) is 39.8 Å². The number of hydrogen-bond acceptors (Lipinski definition) is 5. The summed E-state index contributed by atoms with van der Waals surface area (Å²) in [5.41, 5.74) is 1.02. The van der Waals surface area contributed by atoms with Gasteiger partial charge in [-0.05, 0) is 25.1 Å². The van der Waals surface area contributed by atoms with Crippen LogP contribution in [0.1, 0.15) is 5.69 Å². The number of aliphatic hydroxyl groups excluding tert-OH is 1. The van der Waals surface area contributed by atoms with Gasteiger partial charge in [-0.3, -0.25) is 0 Å². The fourth-order valence-electron chi connectivity index (χ4n) is 1.36. The van der Waals surface area contributed by atoms with Crippen LogP contribution in [0.5, 0.6) is 5.75 Å². The third-order valence-electron chi connectivity index (χ3n) is 2.24. The Bertz CT molecular complexity index is 533. The van der Waals surface area contributed by atoms with Crippen molar-refractivity contribution in [2.45, 2.75) is 17.4 Å². The van der Waals surface area contributed by atoms with Crippen LogP contribution in [0.2, 0.25) is 0 Å². The van der Waals surface area contributed by atoms with Gasteiger partial charge < -0.3 is 9.84 Å². The molecule has 0 amide bonds. The van der Waals surface area contributed by atoms with Crippen molar-refractivity contribution < 1.29 is 9.84 Å². The molecular formula is C13H14BrNO2S2. The summed E-state index contributed by atoms with van der Waals surface area (Å²) in [7, 11) is 0. The molecule has 19 heavy (non-hydrogen) atoms. The van der Waals surface area contributed by atoms with Crippen LogP contribution in [0.3, 0.4) is 0 Å². The van der Waals surface area contributed by atoms with Gasteiger partial charge >= 0.3 is 0 Å². The molecule has 1 atom stereocenters. The van der Waals surface area contributed by atoms with Crippen LogP contribution in [-0.4, -0.2) is 28.6 Å². The number of halogens is 1. The molecule has 0 aliphatic rings. The van der Waals surface area contributed by atoms with E-state index in [0.717, 1.165) is 20.3 Å². The largest absolute Gasteiger partial charge is 0.491 e. The smallest absolute Gasteiger partial charge is 0.150 e. The Morgan fingerprint density at radius 1 is 1.53 bits per heavy atom. The minimum atomic E-state index is -0.506. The van der Waals surface area contributed by atoms with Crippen molar-refractivity contribution in [1.82, 2.24) is 4.98 Å². The van der Waals surface area contributed by atoms with Crippen LogP contribution in [-0.2, 0) is 0 Å². The van der Waals surface area contributed by atoms with E-state index < -0.39 is 6.10 Å². The first-order chi connectivity index (χ1) is 9.13. The Labute approximate surface area is 129 Å². The molecule has 2 aromatic rings. The van der Waals surface area contributed by atoms with Crippen molar-refractivity contribution in [3.8, 4) is 5.75 Å². The Morgan fingerprint density at radius 3 is 3.05 bits per heavy atom. The van der Waals surface area contributed by atoms with Crippen molar-refractivity contribution in [3.63, 3.8) is 0 Å². The molecule has 1 N–H and O–H groups in total. The van der Waals surface area contributed by atoms with Crippen molar-refractivity contribution in [1.29, 1.82) is 0 Å². The Balaban J connectivity index is 1.74. The standard InChI is InChI=1S/C13H14BrNO2S2/c1-9-7-18-13(15-9)19-8-11(16)6-17-12-4-2-3-10(14)5-12/h2-5,7,11,16H,6,8H2,1H3. The molecular weight excluding hydrogens is 346 g/mol. The van der Waals surface area contributed by atoms with Gasteiger partial charge in [0, 0.05) is 21.3 Å². The lowest BCUT2D eigenvalue weighted by Crippen LogP contribution is -2.20. The predicted molar refractivity (Wildman–Crippen MR) is 83.2 cm³/mol. The van der Waals surface area contributed by atoms with Gasteiger partial charge in [0.25, 0.3) is 0 Å². The van der Waals surface area contributed by atoms with E-state index in [1.807, 2.05) is 36.6 Å². The average Bonchev–Trinajstić information content (AvgIpc) is 2.80. The first-order valence-corrected chi connectivity index (χ1v) is 8.40. The third-order valence-corrected chi connectivity index (χ3v) is 5.01. The Kier molecular flexibility index (Phi) is 5.69. The summed E-state index contributed by atoms with van der Waals surface area (Å²) in [5.74, 6) is 1.34. The zero-order valence-electron chi connectivity index (χ0n) is 10.4. The molecule has 2 rings (SSSR count). The van der Waals surface area contributed by atoms with Crippen LogP contribution < -0.4 is 4.74 Å². The zero-order chi connectivity index (χ0) is 13.7. The number of aromatic nitrogens is 1. The summed E-state index contributed by atoms with van der Waals surface area (Å²) in [6.45, 7) is 2.25. The molecule has 6 heteroatoms. The van der Waals surface area contributed by atoms with Crippen LogP contribution in [0, 0.1) is 6.92 Å². The van der Waals surface area contributed by atoms with Crippen LogP contribution in [0.15, 0.2) is 38.5 Å². The van der Waals surface area contributed by atoms with E-state index in [1.165, 1.54) is 0 Å². The van der Waals surface area contributed by atoms with E-state index in [9.17, 15) is 5.11 Å². The molecule has 1 aromatic heterocycles. The molecule has 0 aliphatic carbocycles. The molecule has 102 valence electrons. The zero-order valence-corrected chi connectivity index (χ0v) is 13.6. The summed E-state index contributed by atoms with van der Waals surface area (Å²) in [6.07, 6.45) is -0.506. The predicted octanol–water partition coefficient (Wildman–Crippen LogP) is 3.75. The fourth-order valence-corrected chi connectivity index (χ4v) is 3.52. The molecule has 0 aliphatic heterocycles. The lowest BCUT2D eigenvalue weighted by Gasteiger charge is -2.11. The first kappa shape index (κ1) is 14.8. The lowest BCUT2D eigenvalue weighted by atomic mass is 10.3. The molecule has 0 fully saturated rings. The molecule has 0 radical (unpaired) electrons. The molecule has 0 saturated carbocycles. The summed E-state index contributed by atoms with van der Waals surface area (Å²) >= 11 is 6.54. The number of aliphatic hydroxyl groups is 1. The summed E-state index contributed by atoms with van der Waals surface area (Å²) in [4.78, 5) is 4.34. The summed E-state index contributed by atoms with van der Waals surface area (Å²) in [5, 5.41) is 11.9. The van der Waals surface area contributed by atoms with Gasteiger partial charge in [0.15, 0.2) is 0 Å². The number of benzene rings is 1. The average molecular weight is 360 g/mol. The SMILES string of the molecule is Cc1csc(SCC(O)COc2cccc(Br)c2)n1. The van der Waals surface area contributed by atoms with Gasteiger partial charge in [-0.1, -0.05) is 33.8 Å². The number of nitrogens with zero attached hydrogens (tertiary/aromatic N) is 1. The van der Waals surface area contributed by atoms with Crippen molar-refractivity contribution >= 4 is 39.0 Å². The van der Waals surface area contributed by atoms with E-state index in [2.05, 4.69) is 20.9 Å². The topological polar surface area (TPSA) is 42.4 Å². The highest BCUT2D eigenvalue weighted by atomic mass is 79.9. The molecule has 1 unspecified atom stereocenters. The maximum Gasteiger partial charge on any atom is 0.150 e. The number of rotatable bonds is 6. The quantitative estimate of drug-likeness (QED) is 0.797. The van der Waals surface area contributed by atoms with Gasteiger partial charge in [0.2, 0.25) is 0 Å². The van der Waals surface area contributed by atoms with Crippen LogP contribution in [0.25, 0.3) is 0 Å². The van der Waals surface area contributed by atoms with E-state index in [1.54, 1.807) is 23.1 Å². The third kappa shape index (κ3) is 5.14. The molecule has 1 heterocycles. The van der Waals surface area contributed by atoms with Gasteiger partial charge in [0.1, 0.15) is 16.7 Å². The van der Waals surface area contributed by atoms with Gasteiger partial charge in [0.05, 0.1) is 6.10 Å². The molecule has 1 aromatic carbocycles. The van der Waals surface area contributed by atoms with E-state index in [-0.39, 0.29) is 6.61 Å². The van der Waals surface area contributed by atoms with Gasteiger partial charge in [-0.2, -0.15) is 0 Å². The molecule has 3 nitrogen and oxygen atoms in total. The number of thiazole rings is 1. The maximum atomic E-state index is 9.87. The molecule has 0 bridgehead atoms. The normalized spacial score (nSPS) is 12.4. The van der Waals surface area contributed by atoms with Crippen molar-refractivity contribution in [2.24, 2.45) is 0 Å². The molecule has 0 spiro atoms.